The van der Waals surface area contributed by atoms with E-state index in [1.54, 1.807) is 0 Å². The van der Waals surface area contributed by atoms with Crippen molar-refractivity contribution in [1.82, 2.24) is 0 Å². The Morgan fingerprint density at radius 1 is 1.24 bits per heavy atom. The highest BCUT2D eigenvalue weighted by Crippen LogP contribution is 2.66. The molecule has 4 rings (SSSR count). The van der Waals surface area contributed by atoms with E-state index in [9.17, 15) is 19.8 Å². The van der Waals surface area contributed by atoms with Crippen molar-refractivity contribution in [3.05, 3.63) is 11.6 Å². The number of ketones is 2. The van der Waals surface area contributed by atoms with E-state index >= 15 is 0 Å². The summed E-state index contributed by atoms with van der Waals surface area (Å²) in [6, 6.07) is 0. The third-order valence-corrected chi connectivity index (χ3v) is 8.44. The fraction of sp³-hybridized carbons (Fsp3) is 0.810. The average Bonchev–Trinajstić information content (AvgIpc) is 2.91. The van der Waals surface area contributed by atoms with E-state index in [1.165, 1.54) is 5.57 Å². The minimum atomic E-state index is -0.430. The molecule has 3 fully saturated rings. The molecule has 0 saturated heterocycles. The topological polar surface area (TPSA) is 74.6 Å². The molecule has 0 aromatic heterocycles. The quantitative estimate of drug-likeness (QED) is 0.806. The summed E-state index contributed by atoms with van der Waals surface area (Å²) < 4.78 is 0. The first-order valence-electron chi connectivity index (χ1n) is 9.87. The lowest BCUT2D eigenvalue weighted by Gasteiger charge is -2.59. The van der Waals surface area contributed by atoms with Gasteiger partial charge in [-0.2, -0.15) is 0 Å². The summed E-state index contributed by atoms with van der Waals surface area (Å²) in [5, 5.41) is 20.5. The van der Waals surface area contributed by atoms with Crippen LogP contribution in [0.5, 0.6) is 0 Å². The number of allylic oxidation sites excluding steroid dienone is 1. The van der Waals surface area contributed by atoms with Gasteiger partial charge in [0.2, 0.25) is 0 Å². The second-order valence-corrected chi connectivity index (χ2v) is 9.42. The molecule has 4 unspecified atom stereocenters. The van der Waals surface area contributed by atoms with Gasteiger partial charge < -0.3 is 10.2 Å². The van der Waals surface area contributed by atoms with Crippen molar-refractivity contribution in [3.63, 3.8) is 0 Å². The molecular weight excluding hydrogens is 316 g/mol. The van der Waals surface area contributed by atoms with Gasteiger partial charge in [-0.1, -0.05) is 19.4 Å². The fourth-order valence-corrected chi connectivity index (χ4v) is 7.33. The van der Waals surface area contributed by atoms with Gasteiger partial charge >= 0.3 is 0 Å². The standard InChI is InChI=1S/C21H30O4/c1-20-8-7-13(23)9-12(20)3-4-14-15-5-6-16(18(25)11-22)21(15,2)10-17(24)19(14)20/h9,14-17,19,22,24H,3-8,10-11H2,1-2H3/t14?,15?,16-,17+,19?,20+,21?/m1/s1. The normalized spacial score (nSPS) is 49.0. The maximum absolute atomic E-state index is 12.3. The number of carbonyl (C=O) groups excluding carboxylic acids is 2. The number of hydrogen-bond acceptors (Lipinski definition) is 4. The van der Waals surface area contributed by atoms with Gasteiger partial charge in [-0.05, 0) is 73.2 Å². The van der Waals surface area contributed by atoms with Crippen molar-refractivity contribution in [2.24, 2.45) is 34.5 Å². The van der Waals surface area contributed by atoms with Crippen molar-refractivity contribution < 1.29 is 19.8 Å². The number of hydrogen-bond donors (Lipinski definition) is 2. The predicted molar refractivity (Wildman–Crippen MR) is 93.7 cm³/mol. The molecule has 0 spiro atoms. The van der Waals surface area contributed by atoms with Crippen LogP contribution in [0.15, 0.2) is 11.6 Å². The molecule has 0 aliphatic heterocycles. The summed E-state index contributed by atoms with van der Waals surface area (Å²) in [5.74, 6) is 1.12. The van der Waals surface area contributed by atoms with Gasteiger partial charge in [0.05, 0.1) is 6.10 Å². The Bertz CT molecular complexity index is 638. The van der Waals surface area contributed by atoms with E-state index < -0.39 is 6.10 Å². The smallest absolute Gasteiger partial charge is 0.161 e. The molecule has 0 aromatic carbocycles. The molecule has 138 valence electrons. The largest absolute Gasteiger partial charge is 0.393 e. The van der Waals surface area contributed by atoms with Crippen LogP contribution in [0.2, 0.25) is 0 Å². The number of aliphatic hydroxyl groups is 2. The minimum Gasteiger partial charge on any atom is -0.393 e. The Balaban J connectivity index is 1.70. The van der Waals surface area contributed by atoms with E-state index in [-0.39, 0.29) is 40.8 Å². The summed E-state index contributed by atoms with van der Waals surface area (Å²) in [4.78, 5) is 24.2. The highest BCUT2D eigenvalue weighted by Gasteiger charge is 2.62. The van der Waals surface area contributed by atoms with E-state index in [1.807, 2.05) is 6.08 Å². The number of Topliss-reactive ketones (excluding diaryl/α,β-unsaturated/α-hetero) is 1. The zero-order valence-corrected chi connectivity index (χ0v) is 15.3. The summed E-state index contributed by atoms with van der Waals surface area (Å²) >= 11 is 0. The van der Waals surface area contributed by atoms with E-state index in [4.69, 9.17) is 0 Å². The fourth-order valence-electron chi connectivity index (χ4n) is 7.33. The molecule has 4 aliphatic carbocycles. The monoisotopic (exact) mass is 346 g/mol. The van der Waals surface area contributed by atoms with E-state index in [0.29, 0.717) is 24.7 Å². The lowest BCUT2D eigenvalue weighted by atomic mass is 9.46. The Kier molecular flexibility index (Phi) is 4.01. The SMILES string of the molecule is CC12C[C@H](O)C3C(CCC4=CC(=O)CC[C@@]43C)C1CC[C@@H]2C(=O)CO. The predicted octanol–water partition coefficient (Wildman–Crippen LogP) is 2.67. The Morgan fingerprint density at radius 3 is 2.72 bits per heavy atom. The molecule has 2 N–H and O–H groups in total. The van der Waals surface area contributed by atoms with Crippen LogP contribution in [0.4, 0.5) is 0 Å². The van der Waals surface area contributed by atoms with E-state index in [0.717, 1.165) is 32.1 Å². The molecule has 4 nitrogen and oxygen atoms in total. The molecule has 25 heavy (non-hydrogen) atoms. The van der Waals surface area contributed by atoms with Gasteiger partial charge in [0.25, 0.3) is 0 Å². The van der Waals surface area contributed by atoms with Crippen molar-refractivity contribution in [2.75, 3.05) is 6.61 Å². The number of aliphatic hydroxyl groups excluding tert-OH is 2. The second-order valence-electron chi connectivity index (χ2n) is 9.42. The molecule has 0 bridgehead atoms. The first kappa shape index (κ1) is 17.4. The summed E-state index contributed by atoms with van der Waals surface area (Å²) in [7, 11) is 0. The van der Waals surface area contributed by atoms with Gasteiger partial charge in [-0.15, -0.1) is 0 Å². The zero-order chi connectivity index (χ0) is 18.0. The average molecular weight is 346 g/mol. The van der Waals surface area contributed by atoms with Crippen LogP contribution in [0.25, 0.3) is 0 Å². The Morgan fingerprint density at radius 2 is 2.00 bits per heavy atom. The van der Waals surface area contributed by atoms with Crippen molar-refractivity contribution in [2.45, 2.75) is 64.9 Å². The highest BCUT2D eigenvalue weighted by molar-refractivity contribution is 5.91. The summed E-state index contributed by atoms with van der Waals surface area (Å²) in [6.07, 6.45) is 7.32. The van der Waals surface area contributed by atoms with Crippen LogP contribution in [0.3, 0.4) is 0 Å². The first-order valence-corrected chi connectivity index (χ1v) is 9.87. The zero-order valence-electron chi connectivity index (χ0n) is 15.3. The van der Waals surface area contributed by atoms with Crippen LogP contribution >= 0.6 is 0 Å². The van der Waals surface area contributed by atoms with Gasteiger partial charge in [0, 0.05) is 12.3 Å². The van der Waals surface area contributed by atoms with Crippen molar-refractivity contribution in [1.29, 1.82) is 0 Å². The summed E-state index contributed by atoms with van der Waals surface area (Å²) in [5.41, 5.74) is 0.979. The van der Waals surface area contributed by atoms with Crippen LogP contribution < -0.4 is 0 Å². The van der Waals surface area contributed by atoms with Crippen LogP contribution in [-0.2, 0) is 9.59 Å². The molecular formula is C21H30O4. The lowest BCUT2D eigenvalue weighted by Crippen LogP contribution is -2.57. The molecule has 0 amide bonds. The highest BCUT2D eigenvalue weighted by atomic mass is 16.3. The lowest BCUT2D eigenvalue weighted by molar-refractivity contribution is -0.146. The van der Waals surface area contributed by atoms with Crippen LogP contribution in [0.1, 0.15) is 58.8 Å². The minimum absolute atomic E-state index is 0.0541. The molecule has 4 aliphatic rings. The number of rotatable bonds is 2. The van der Waals surface area contributed by atoms with Crippen LogP contribution in [0, 0.1) is 34.5 Å². The van der Waals surface area contributed by atoms with Crippen LogP contribution in [-0.4, -0.2) is 34.5 Å². The molecule has 0 aromatic rings. The van der Waals surface area contributed by atoms with Gasteiger partial charge in [-0.25, -0.2) is 0 Å². The van der Waals surface area contributed by atoms with Crippen molar-refractivity contribution in [3.8, 4) is 0 Å². The van der Waals surface area contributed by atoms with Gasteiger partial charge in [-0.3, -0.25) is 9.59 Å². The van der Waals surface area contributed by atoms with E-state index in [2.05, 4.69) is 13.8 Å². The molecule has 0 heterocycles. The maximum Gasteiger partial charge on any atom is 0.161 e. The number of carbonyl (C=O) groups is 2. The first-order chi connectivity index (χ1) is 11.8. The van der Waals surface area contributed by atoms with Crippen molar-refractivity contribution >= 4 is 11.6 Å². The molecule has 7 atom stereocenters. The number of fused-ring (bicyclic) bond motifs is 5. The Labute approximate surface area is 149 Å². The third kappa shape index (κ3) is 2.33. The Hall–Kier alpha value is -1.00. The molecule has 0 radical (unpaired) electrons. The maximum atomic E-state index is 12.3. The third-order valence-electron chi connectivity index (χ3n) is 8.44. The molecule has 3 saturated carbocycles. The summed E-state index contributed by atoms with van der Waals surface area (Å²) in [6.45, 7) is 4.03. The molecule has 4 heteroatoms. The second kappa shape index (κ2) is 5.75. The van der Waals surface area contributed by atoms with Gasteiger partial charge in [0.1, 0.15) is 6.61 Å². The van der Waals surface area contributed by atoms with Gasteiger partial charge in [0.15, 0.2) is 11.6 Å².